The molecule has 0 spiro atoms. The Kier molecular flexibility index (Phi) is 0.953. The largest absolute Gasteiger partial charge is 0.478 e. The molecule has 0 amide bonds. The van der Waals surface area contributed by atoms with Crippen molar-refractivity contribution >= 4 is 16.9 Å². The summed E-state index contributed by atoms with van der Waals surface area (Å²) in [7, 11) is 0. The van der Waals surface area contributed by atoms with Crippen LogP contribution in [0.3, 0.4) is 0 Å². The van der Waals surface area contributed by atoms with E-state index < -0.39 is 5.97 Å². The quantitative estimate of drug-likeness (QED) is 0.608. The van der Waals surface area contributed by atoms with E-state index in [2.05, 4.69) is 4.98 Å². The van der Waals surface area contributed by atoms with Gasteiger partial charge in [-0.1, -0.05) is 18.2 Å². The van der Waals surface area contributed by atoms with E-state index in [0.717, 1.165) is 16.5 Å². The second-order valence-corrected chi connectivity index (χ2v) is 3.03. The first-order chi connectivity index (χ1) is 6.29. The van der Waals surface area contributed by atoms with Gasteiger partial charge in [0.25, 0.3) is 0 Å². The number of benzene rings is 1. The summed E-state index contributed by atoms with van der Waals surface area (Å²) in [5, 5.41) is 9.70. The summed E-state index contributed by atoms with van der Waals surface area (Å²) in [5.41, 5.74) is 2.76. The number of carboxylic acid groups (broad SMARTS) is 1. The fraction of sp³-hybridized carbons (Fsp3) is 0. The summed E-state index contributed by atoms with van der Waals surface area (Å²) >= 11 is 0. The number of nitrogens with zero attached hydrogens (tertiary/aromatic N) is 1. The molecule has 3 rings (SSSR count). The number of rotatable bonds is 1. The molecule has 13 heavy (non-hydrogen) atoms. The van der Waals surface area contributed by atoms with E-state index in [-0.39, 0.29) is 0 Å². The van der Waals surface area contributed by atoms with Crippen LogP contribution in [0.25, 0.3) is 22.2 Å². The monoisotopic (exact) mass is 171 g/mol. The highest BCUT2D eigenvalue weighted by Crippen LogP contribution is 2.46. The van der Waals surface area contributed by atoms with E-state index in [4.69, 9.17) is 5.11 Å². The number of carbonyl (C=O) groups is 1. The number of fused-ring (bicyclic) bond motifs is 3. The van der Waals surface area contributed by atoms with Crippen LogP contribution in [-0.2, 0) is 0 Å². The fourth-order valence-electron chi connectivity index (χ4n) is 1.66. The van der Waals surface area contributed by atoms with Crippen LogP contribution in [0.15, 0.2) is 24.3 Å². The van der Waals surface area contributed by atoms with Gasteiger partial charge in [-0.25, -0.2) is 9.78 Å². The van der Waals surface area contributed by atoms with Crippen LogP contribution in [0.4, 0.5) is 0 Å². The van der Waals surface area contributed by atoms with Crippen LogP contribution in [0.2, 0.25) is 0 Å². The van der Waals surface area contributed by atoms with Crippen molar-refractivity contribution in [1.29, 1.82) is 0 Å². The van der Waals surface area contributed by atoms with Gasteiger partial charge in [-0.15, -0.1) is 0 Å². The minimum absolute atomic E-state index is 0.388. The van der Waals surface area contributed by atoms with Crippen LogP contribution in [-0.4, -0.2) is 16.1 Å². The smallest absolute Gasteiger partial charge is 0.338 e. The van der Waals surface area contributed by atoms with Gasteiger partial charge >= 0.3 is 5.97 Å². The Morgan fingerprint density at radius 1 is 1.31 bits per heavy atom. The molecule has 0 unspecified atom stereocenters. The van der Waals surface area contributed by atoms with E-state index >= 15 is 0 Å². The summed E-state index contributed by atoms with van der Waals surface area (Å²) in [6, 6.07) is 7.58. The van der Waals surface area contributed by atoms with E-state index in [1.54, 1.807) is 0 Å². The Bertz CT molecular complexity index is 546. The summed E-state index contributed by atoms with van der Waals surface area (Å²) in [4.78, 5) is 14.8. The third-order valence-corrected chi connectivity index (χ3v) is 2.28. The molecule has 1 aromatic rings. The van der Waals surface area contributed by atoms with Crippen molar-refractivity contribution < 1.29 is 9.90 Å². The van der Waals surface area contributed by atoms with Gasteiger partial charge in [0.2, 0.25) is 0 Å². The fourth-order valence-corrected chi connectivity index (χ4v) is 1.66. The lowest BCUT2D eigenvalue weighted by Gasteiger charge is -1.85. The van der Waals surface area contributed by atoms with Crippen molar-refractivity contribution in [1.82, 2.24) is 4.98 Å². The highest BCUT2D eigenvalue weighted by molar-refractivity contribution is 6.21. The van der Waals surface area contributed by atoms with Gasteiger partial charge in [-0.05, 0) is 6.07 Å². The van der Waals surface area contributed by atoms with Gasteiger partial charge in [0.1, 0.15) is 0 Å². The number of hydrogen-bond acceptors (Lipinski definition) is 2. The molecule has 1 aliphatic heterocycles. The Morgan fingerprint density at radius 2 is 2.08 bits per heavy atom. The van der Waals surface area contributed by atoms with E-state index in [1.807, 2.05) is 24.3 Å². The summed E-state index contributed by atoms with van der Waals surface area (Å²) < 4.78 is 0. The second-order valence-electron chi connectivity index (χ2n) is 3.03. The Hall–Kier alpha value is -1.90. The normalized spacial score (nSPS) is 11.7. The van der Waals surface area contributed by atoms with Gasteiger partial charge in [-0.3, -0.25) is 0 Å². The second kappa shape index (κ2) is 1.88. The average molecular weight is 171 g/mol. The lowest BCUT2D eigenvalue weighted by atomic mass is 10.2. The molecule has 0 radical (unpaired) electrons. The van der Waals surface area contributed by atoms with Gasteiger partial charge in [0.05, 0.1) is 16.8 Å². The predicted molar refractivity (Wildman–Crippen MR) is 47.7 cm³/mol. The molecule has 0 saturated carbocycles. The Labute approximate surface area is 73.6 Å². The Morgan fingerprint density at radius 3 is 2.85 bits per heavy atom. The molecule has 2 aliphatic rings. The molecule has 62 valence electrons. The number of para-hydroxylation sites is 1. The third-order valence-electron chi connectivity index (χ3n) is 2.28. The lowest BCUT2D eigenvalue weighted by Crippen LogP contribution is -1.86. The minimum Gasteiger partial charge on any atom is -0.478 e. The molecular formula is C10H5NO2. The first kappa shape index (κ1) is 6.60. The maximum absolute atomic E-state index is 10.6. The highest BCUT2D eigenvalue weighted by atomic mass is 16.4. The maximum Gasteiger partial charge on any atom is 0.338 e. The van der Waals surface area contributed by atoms with Crippen LogP contribution < -0.4 is 0 Å². The SMILES string of the molecule is O=C(O)c1c2nc3ccccc3c1-2. The first-order valence-corrected chi connectivity index (χ1v) is 3.95. The zero-order chi connectivity index (χ0) is 9.00. The summed E-state index contributed by atoms with van der Waals surface area (Å²) in [6.45, 7) is 0. The molecule has 1 N–H and O–H groups in total. The van der Waals surface area contributed by atoms with Crippen LogP contribution in [0.5, 0.6) is 0 Å². The number of carboxylic acids is 1. The Balaban J connectivity index is 2.37. The molecule has 0 fully saturated rings. The molecule has 0 saturated heterocycles. The topological polar surface area (TPSA) is 50.2 Å². The van der Waals surface area contributed by atoms with Crippen molar-refractivity contribution in [3.05, 3.63) is 29.8 Å². The molecule has 1 heterocycles. The third kappa shape index (κ3) is 0.685. The van der Waals surface area contributed by atoms with Gasteiger partial charge in [0.15, 0.2) is 0 Å². The van der Waals surface area contributed by atoms with Crippen LogP contribution in [0.1, 0.15) is 10.4 Å². The number of aromatic nitrogens is 1. The molecule has 3 nitrogen and oxygen atoms in total. The standard InChI is InChI=1S/C10H5NO2/c12-10(13)8-7-5-3-1-2-4-6(5)11-9(7)8/h1-4H,(H,12,13). The van der Waals surface area contributed by atoms with E-state index in [9.17, 15) is 4.79 Å². The van der Waals surface area contributed by atoms with Gasteiger partial charge < -0.3 is 5.11 Å². The van der Waals surface area contributed by atoms with Crippen molar-refractivity contribution in [3.63, 3.8) is 0 Å². The minimum atomic E-state index is -0.872. The zero-order valence-electron chi connectivity index (χ0n) is 6.61. The lowest BCUT2D eigenvalue weighted by molar-refractivity contribution is 0.0703. The highest BCUT2D eigenvalue weighted by Gasteiger charge is 2.35. The summed E-state index contributed by atoms with van der Waals surface area (Å²) in [5.74, 6) is -0.872. The average Bonchev–Trinajstić information content (AvgIpc) is 2.71. The van der Waals surface area contributed by atoms with Crippen LogP contribution in [0, 0.1) is 0 Å². The van der Waals surface area contributed by atoms with Crippen molar-refractivity contribution in [3.8, 4) is 11.3 Å². The van der Waals surface area contributed by atoms with E-state index in [0.29, 0.717) is 11.3 Å². The van der Waals surface area contributed by atoms with Crippen LogP contribution >= 0.6 is 0 Å². The number of aromatic carboxylic acids is 1. The maximum atomic E-state index is 10.6. The van der Waals surface area contributed by atoms with Crippen molar-refractivity contribution in [2.24, 2.45) is 0 Å². The molecule has 0 bridgehead atoms. The van der Waals surface area contributed by atoms with E-state index in [1.165, 1.54) is 0 Å². The molecule has 3 heteroatoms. The molecular weight excluding hydrogens is 166 g/mol. The summed E-state index contributed by atoms with van der Waals surface area (Å²) in [6.07, 6.45) is 0. The molecule has 0 atom stereocenters. The predicted octanol–water partition coefficient (Wildman–Crippen LogP) is 1.91. The number of hydrogen-bond donors (Lipinski definition) is 1. The molecule has 0 aromatic heterocycles. The van der Waals surface area contributed by atoms with Gasteiger partial charge in [-0.2, -0.15) is 0 Å². The molecule has 1 aromatic carbocycles. The first-order valence-electron chi connectivity index (χ1n) is 3.95. The van der Waals surface area contributed by atoms with Gasteiger partial charge in [0, 0.05) is 10.9 Å². The number of pyridine rings is 1. The zero-order valence-corrected chi connectivity index (χ0v) is 6.61. The van der Waals surface area contributed by atoms with Crippen molar-refractivity contribution in [2.45, 2.75) is 0 Å². The van der Waals surface area contributed by atoms with Crippen molar-refractivity contribution in [2.75, 3.05) is 0 Å². The molecule has 1 aliphatic carbocycles.